The van der Waals surface area contributed by atoms with Crippen molar-refractivity contribution in [2.75, 3.05) is 20.1 Å². The van der Waals surface area contributed by atoms with E-state index in [0.29, 0.717) is 6.04 Å². The molecule has 1 aliphatic heterocycles. The molecule has 1 N–H and O–H groups in total. The summed E-state index contributed by atoms with van der Waals surface area (Å²) in [6.45, 7) is 2.52. The van der Waals surface area contributed by atoms with Gasteiger partial charge in [-0.3, -0.25) is 14.7 Å². The lowest BCUT2D eigenvalue weighted by molar-refractivity contribution is 0.0757. The Kier molecular flexibility index (Phi) is 5.08. The molecule has 3 heterocycles. The second kappa shape index (κ2) is 7.42. The van der Waals surface area contributed by atoms with Gasteiger partial charge in [-0.15, -0.1) is 0 Å². The van der Waals surface area contributed by atoms with E-state index in [-0.39, 0.29) is 5.91 Å². The van der Waals surface area contributed by atoms with Gasteiger partial charge in [-0.2, -0.15) is 0 Å². The first kappa shape index (κ1) is 15.7. The maximum absolute atomic E-state index is 12.5. The molecule has 5 heteroatoms. The Labute approximate surface area is 137 Å². The van der Waals surface area contributed by atoms with Crippen molar-refractivity contribution in [1.29, 1.82) is 0 Å². The van der Waals surface area contributed by atoms with Crippen molar-refractivity contribution in [1.82, 2.24) is 19.8 Å². The van der Waals surface area contributed by atoms with E-state index in [1.807, 2.05) is 29.3 Å². The van der Waals surface area contributed by atoms with E-state index < -0.39 is 0 Å². The molecule has 2 aromatic heterocycles. The molecule has 1 atom stereocenters. The number of aromatic amines is 1. The number of nitrogens with zero attached hydrogens (tertiary/aromatic N) is 3. The number of likely N-dealkylation sites (tertiary alicyclic amines) is 1. The molecule has 0 aliphatic carbocycles. The minimum absolute atomic E-state index is 0.138. The Morgan fingerprint density at radius 2 is 2.26 bits per heavy atom. The van der Waals surface area contributed by atoms with Crippen LogP contribution in [0.25, 0.3) is 0 Å². The number of rotatable bonds is 4. The molecule has 0 radical (unpaired) electrons. The highest BCUT2D eigenvalue weighted by molar-refractivity contribution is 5.94. The SMILES string of the molecule is CN(Cc1ccccn1)[C@@H]1CCCN(C(=O)c2cc[nH]c2)CC1. The van der Waals surface area contributed by atoms with Gasteiger partial charge < -0.3 is 9.88 Å². The van der Waals surface area contributed by atoms with Crippen LogP contribution < -0.4 is 0 Å². The average Bonchev–Trinajstić information content (AvgIpc) is 2.99. The Bertz CT molecular complexity index is 611. The summed E-state index contributed by atoms with van der Waals surface area (Å²) in [5, 5.41) is 0. The van der Waals surface area contributed by atoms with Gasteiger partial charge in [-0.05, 0) is 44.5 Å². The molecule has 1 amide bonds. The van der Waals surface area contributed by atoms with Crippen LogP contribution in [0.2, 0.25) is 0 Å². The van der Waals surface area contributed by atoms with Crippen LogP contribution in [0.15, 0.2) is 42.9 Å². The Morgan fingerprint density at radius 3 is 3.00 bits per heavy atom. The third-order valence-electron chi connectivity index (χ3n) is 4.59. The maximum Gasteiger partial charge on any atom is 0.255 e. The fourth-order valence-electron chi connectivity index (χ4n) is 3.24. The van der Waals surface area contributed by atoms with E-state index in [1.54, 1.807) is 12.4 Å². The molecule has 23 heavy (non-hydrogen) atoms. The molecule has 0 saturated carbocycles. The molecule has 0 aromatic carbocycles. The highest BCUT2D eigenvalue weighted by atomic mass is 16.2. The minimum atomic E-state index is 0.138. The Balaban J connectivity index is 1.56. The molecule has 5 nitrogen and oxygen atoms in total. The summed E-state index contributed by atoms with van der Waals surface area (Å²) in [4.78, 5) is 24.2. The smallest absolute Gasteiger partial charge is 0.255 e. The molecule has 1 fully saturated rings. The number of nitrogens with one attached hydrogen (secondary N) is 1. The first-order chi connectivity index (χ1) is 11.2. The third-order valence-corrected chi connectivity index (χ3v) is 4.59. The number of H-pyrrole nitrogens is 1. The topological polar surface area (TPSA) is 52.2 Å². The normalized spacial score (nSPS) is 18.9. The van der Waals surface area contributed by atoms with Crippen LogP contribution in [0.4, 0.5) is 0 Å². The number of carbonyl (C=O) groups excluding carboxylic acids is 1. The summed E-state index contributed by atoms with van der Waals surface area (Å²) in [7, 11) is 2.16. The lowest BCUT2D eigenvalue weighted by Crippen LogP contribution is -2.34. The van der Waals surface area contributed by atoms with Crippen LogP contribution >= 0.6 is 0 Å². The molecular formula is C18H24N4O. The van der Waals surface area contributed by atoms with Gasteiger partial charge in [0, 0.05) is 44.3 Å². The quantitative estimate of drug-likeness (QED) is 0.944. The number of aromatic nitrogens is 2. The van der Waals surface area contributed by atoms with Crippen LogP contribution in [-0.4, -0.2) is 51.9 Å². The molecule has 2 aromatic rings. The van der Waals surface area contributed by atoms with Gasteiger partial charge in [-0.1, -0.05) is 6.07 Å². The zero-order valence-corrected chi connectivity index (χ0v) is 13.6. The van der Waals surface area contributed by atoms with E-state index in [0.717, 1.165) is 50.2 Å². The predicted molar refractivity (Wildman–Crippen MR) is 90.0 cm³/mol. The predicted octanol–water partition coefficient (Wildman–Crippen LogP) is 2.54. The number of hydrogen-bond donors (Lipinski definition) is 1. The Morgan fingerprint density at radius 1 is 1.35 bits per heavy atom. The van der Waals surface area contributed by atoms with E-state index in [4.69, 9.17) is 0 Å². The van der Waals surface area contributed by atoms with Crippen molar-refractivity contribution in [2.24, 2.45) is 0 Å². The summed E-state index contributed by atoms with van der Waals surface area (Å²) >= 11 is 0. The highest BCUT2D eigenvalue weighted by Crippen LogP contribution is 2.19. The molecule has 1 aliphatic rings. The van der Waals surface area contributed by atoms with Gasteiger partial charge in [0.1, 0.15) is 0 Å². The minimum Gasteiger partial charge on any atom is -0.367 e. The second-order valence-electron chi connectivity index (χ2n) is 6.21. The molecule has 3 rings (SSSR count). The summed E-state index contributed by atoms with van der Waals surface area (Å²) in [5.74, 6) is 0.138. The van der Waals surface area contributed by atoms with Crippen LogP contribution in [-0.2, 0) is 6.54 Å². The first-order valence-electron chi connectivity index (χ1n) is 8.26. The van der Waals surface area contributed by atoms with Gasteiger partial charge in [0.2, 0.25) is 0 Å². The fraction of sp³-hybridized carbons (Fsp3) is 0.444. The van der Waals surface area contributed by atoms with Crippen LogP contribution in [0.3, 0.4) is 0 Å². The van der Waals surface area contributed by atoms with Crippen molar-refractivity contribution in [3.8, 4) is 0 Å². The first-order valence-corrected chi connectivity index (χ1v) is 8.26. The van der Waals surface area contributed by atoms with Crippen LogP contribution in [0, 0.1) is 0 Å². The number of carbonyl (C=O) groups is 1. The van der Waals surface area contributed by atoms with Gasteiger partial charge in [0.15, 0.2) is 0 Å². The number of hydrogen-bond acceptors (Lipinski definition) is 3. The zero-order valence-electron chi connectivity index (χ0n) is 13.6. The highest BCUT2D eigenvalue weighted by Gasteiger charge is 2.24. The van der Waals surface area contributed by atoms with Crippen molar-refractivity contribution >= 4 is 5.91 Å². The fourth-order valence-corrected chi connectivity index (χ4v) is 3.24. The molecule has 0 bridgehead atoms. The molecule has 0 spiro atoms. The van der Waals surface area contributed by atoms with E-state index >= 15 is 0 Å². The monoisotopic (exact) mass is 312 g/mol. The van der Waals surface area contributed by atoms with Gasteiger partial charge >= 0.3 is 0 Å². The number of amides is 1. The van der Waals surface area contributed by atoms with Gasteiger partial charge in [0.05, 0.1) is 11.3 Å². The average molecular weight is 312 g/mol. The molecule has 1 saturated heterocycles. The molecule has 0 unspecified atom stereocenters. The van der Waals surface area contributed by atoms with E-state index in [9.17, 15) is 4.79 Å². The summed E-state index contributed by atoms with van der Waals surface area (Å²) in [6, 6.07) is 8.38. The summed E-state index contributed by atoms with van der Waals surface area (Å²) < 4.78 is 0. The van der Waals surface area contributed by atoms with Gasteiger partial charge in [0.25, 0.3) is 5.91 Å². The molecule has 122 valence electrons. The van der Waals surface area contributed by atoms with Crippen molar-refractivity contribution in [3.63, 3.8) is 0 Å². The largest absolute Gasteiger partial charge is 0.367 e. The third kappa shape index (κ3) is 3.99. The second-order valence-corrected chi connectivity index (χ2v) is 6.21. The van der Waals surface area contributed by atoms with Crippen molar-refractivity contribution in [2.45, 2.75) is 31.8 Å². The summed E-state index contributed by atoms with van der Waals surface area (Å²) in [6.07, 6.45) is 8.60. The van der Waals surface area contributed by atoms with E-state index in [1.165, 1.54) is 0 Å². The standard InChI is InChI=1S/C18H24N4O/c1-21(14-16-5-2-3-9-20-16)17-6-4-11-22(12-8-17)18(23)15-7-10-19-13-15/h2-3,5,7,9-10,13,17,19H,4,6,8,11-12,14H2,1H3/t17-/m1/s1. The lowest BCUT2D eigenvalue weighted by atomic mass is 10.1. The maximum atomic E-state index is 12.5. The van der Waals surface area contributed by atoms with Gasteiger partial charge in [-0.25, -0.2) is 0 Å². The zero-order chi connectivity index (χ0) is 16.1. The lowest BCUT2D eigenvalue weighted by Gasteiger charge is -2.27. The van der Waals surface area contributed by atoms with Crippen molar-refractivity contribution in [3.05, 3.63) is 54.1 Å². The van der Waals surface area contributed by atoms with Crippen molar-refractivity contribution < 1.29 is 4.79 Å². The molecular weight excluding hydrogens is 288 g/mol. The van der Waals surface area contributed by atoms with Crippen LogP contribution in [0.5, 0.6) is 0 Å². The number of pyridine rings is 1. The van der Waals surface area contributed by atoms with Crippen LogP contribution in [0.1, 0.15) is 35.3 Å². The van der Waals surface area contributed by atoms with E-state index in [2.05, 4.69) is 28.0 Å². The Hall–Kier alpha value is -2.14. The summed E-state index contributed by atoms with van der Waals surface area (Å²) in [5.41, 5.74) is 1.85.